The molecule has 0 spiro atoms. The first-order valence-electron chi connectivity index (χ1n) is 5.63. The summed E-state index contributed by atoms with van der Waals surface area (Å²) in [5.74, 6) is -0.0797. The van der Waals surface area contributed by atoms with Crippen molar-refractivity contribution in [1.29, 1.82) is 0 Å². The molecule has 1 saturated heterocycles. The van der Waals surface area contributed by atoms with Gasteiger partial charge in [-0.1, -0.05) is 0 Å². The van der Waals surface area contributed by atoms with Crippen molar-refractivity contribution in [3.63, 3.8) is 0 Å². The highest BCUT2D eigenvalue weighted by Crippen LogP contribution is 2.16. The van der Waals surface area contributed by atoms with Crippen LogP contribution in [0.1, 0.15) is 27.2 Å². The number of carbonyl (C=O) groups is 1. The fourth-order valence-electron chi connectivity index (χ4n) is 1.71. The first-order valence-corrected chi connectivity index (χ1v) is 5.63. The van der Waals surface area contributed by atoms with Gasteiger partial charge < -0.3 is 14.8 Å². The highest BCUT2D eigenvalue weighted by molar-refractivity contribution is 5.73. The first kappa shape index (κ1) is 12.5. The molecule has 15 heavy (non-hydrogen) atoms. The van der Waals surface area contributed by atoms with Gasteiger partial charge in [0.15, 0.2) is 0 Å². The van der Waals surface area contributed by atoms with E-state index in [1.54, 1.807) is 0 Å². The van der Waals surface area contributed by atoms with Gasteiger partial charge in [-0.05, 0) is 33.7 Å². The molecule has 88 valence electrons. The average Bonchev–Trinajstić information content (AvgIpc) is 2.58. The van der Waals surface area contributed by atoms with E-state index in [0.29, 0.717) is 13.2 Å². The number of hydrogen-bond acceptors (Lipinski definition) is 4. The second-order valence-electron chi connectivity index (χ2n) is 4.23. The maximum atomic E-state index is 11.6. The topological polar surface area (TPSA) is 47.6 Å². The Hall–Kier alpha value is -0.610. The molecule has 0 aromatic heterocycles. The molecule has 0 bridgehead atoms. The zero-order valence-electron chi connectivity index (χ0n) is 9.79. The van der Waals surface area contributed by atoms with Gasteiger partial charge in [-0.15, -0.1) is 0 Å². The maximum Gasteiger partial charge on any atom is 0.310 e. The Morgan fingerprint density at radius 2 is 2.20 bits per heavy atom. The summed E-state index contributed by atoms with van der Waals surface area (Å²) in [4.78, 5) is 11.6. The van der Waals surface area contributed by atoms with Gasteiger partial charge in [0.05, 0.1) is 18.6 Å². The monoisotopic (exact) mass is 215 g/mol. The minimum absolute atomic E-state index is 0.0176. The van der Waals surface area contributed by atoms with Gasteiger partial charge in [0.25, 0.3) is 0 Å². The predicted octanol–water partition coefficient (Wildman–Crippen LogP) is 0.953. The van der Waals surface area contributed by atoms with E-state index < -0.39 is 0 Å². The largest absolute Gasteiger partial charge is 0.463 e. The molecule has 0 aliphatic carbocycles. The first-order chi connectivity index (χ1) is 7.11. The molecule has 0 saturated carbocycles. The lowest BCUT2D eigenvalue weighted by atomic mass is 10.0. The van der Waals surface area contributed by atoms with Crippen LogP contribution in [0.3, 0.4) is 0 Å². The zero-order valence-corrected chi connectivity index (χ0v) is 9.79. The van der Waals surface area contributed by atoms with E-state index >= 15 is 0 Å². The Bertz CT molecular complexity index is 206. The van der Waals surface area contributed by atoms with Crippen LogP contribution in [0, 0.1) is 5.92 Å². The Balaban J connectivity index is 2.13. The van der Waals surface area contributed by atoms with Gasteiger partial charge in [0.1, 0.15) is 6.61 Å². The van der Waals surface area contributed by atoms with E-state index in [9.17, 15) is 4.79 Å². The van der Waals surface area contributed by atoms with Crippen LogP contribution < -0.4 is 5.32 Å². The highest BCUT2D eigenvalue weighted by Gasteiger charge is 2.30. The maximum absolute atomic E-state index is 11.6. The third-order valence-corrected chi connectivity index (χ3v) is 2.61. The van der Waals surface area contributed by atoms with Gasteiger partial charge in [-0.25, -0.2) is 0 Å². The van der Waals surface area contributed by atoms with Crippen molar-refractivity contribution < 1.29 is 14.3 Å². The number of ether oxygens (including phenoxy) is 2. The van der Waals surface area contributed by atoms with Gasteiger partial charge >= 0.3 is 5.97 Å². The van der Waals surface area contributed by atoms with E-state index in [0.717, 1.165) is 13.0 Å². The van der Waals surface area contributed by atoms with Crippen LogP contribution in [-0.2, 0) is 14.3 Å². The molecule has 0 aromatic carbocycles. The molecule has 1 rings (SSSR count). The molecule has 0 amide bonds. The van der Waals surface area contributed by atoms with Crippen molar-refractivity contribution >= 4 is 5.97 Å². The summed E-state index contributed by atoms with van der Waals surface area (Å²) in [6.45, 7) is 7.70. The van der Waals surface area contributed by atoms with Crippen molar-refractivity contribution in [2.75, 3.05) is 19.8 Å². The van der Waals surface area contributed by atoms with Crippen LogP contribution in [-0.4, -0.2) is 37.9 Å². The van der Waals surface area contributed by atoms with E-state index in [4.69, 9.17) is 9.47 Å². The summed E-state index contributed by atoms with van der Waals surface area (Å²) in [7, 11) is 0. The minimum Gasteiger partial charge on any atom is -0.463 e. The van der Waals surface area contributed by atoms with Crippen molar-refractivity contribution in [2.24, 2.45) is 5.92 Å². The highest BCUT2D eigenvalue weighted by atomic mass is 16.6. The smallest absolute Gasteiger partial charge is 0.310 e. The van der Waals surface area contributed by atoms with Crippen molar-refractivity contribution in [2.45, 2.75) is 39.3 Å². The lowest BCUT2D eigenvalue weighted by molar-refractivity contribution is -0.150. The van der Waals surface area contributed by atoms with Crippen molar-refractivity contribution in [3.05, 3.63) is 0 Å². The fraction of sp³-hybridized carbons (Fsp3) is 0.909. The minimum atomic E-state index is -0.0974. The standard InChI is InChI=1S/C11H21NO3/c1-8(2)14-6-7-15-11(13)10-4-5-12-9(10)3/h8-10,12H,4-7H2,1-3H3. The SMILES string of the molecule is CC(C)OCCOC(=O)C1CCNC1C. The third kappa shape index (κ3) is 4.18. The number of hydrogen-bond donors (Lipinski definition) is 1. The van der Waals surface area contributed by atoms with Crippen LogP contribution >= 0.6 is 0 Å². The van der Waals surface area contributed by atoms with Crippen LogP contribution in [0.2, 0.25) is 0 Å². The molecular weight excluding hydrogens is 194 g/mol. The molecule has 4 heteroatoms. The van der Waals surface area contributed by atoms with E-state index in [2.05, 4.69) is 5.32 Å². The van der Waals surface area contributed by atoms with Crippen LogP contribution in [0.25, 0.3) is 0 Å². The van der Waals surface area contributed by atoms with E-state index in [-0.39, 0.29) is 24.0 Å². The van der Waals surface area contributed by atoms with Crippen LogP contribution in [0.15, 0.2) is 0 Å². The molecule has 1 heterocycles. The van der Waals surface area contributed by atoms with Crippen LogP contribution in [0.4, 0.5) is 0 Å². The Kier molecular flexibility index (Phi) is 5.05. The molecule has 0 radical (unpaired) electrons. The average molecular weight is 215 g/mol. The summed E-state index contributed by atoms with van der Waals surface area (Å²) < 4.78 is 10.4. The van der Waals surface area contributed by atoms with E-state index in [1.807, 2.05) is 20.8 Å². The predicted molar refractivity (Wildman–Crippen MR) is 57.6 cm³/mol. The molecule has 1 aliphatic heterocycles. The van der Waals surface area contributed by atoms with Gasteiger partial charge in [-0.2, -0.15) is 0 Å². The Morgan fingerprint density at radius 3 is 2.73 bits per heavy atom. The van der Waals surface area contributed by atoms with Gasteiger partial charge in [-0.3, -0.25) is 4.79 Å². The molecule has 4 nitrogen and oxygen atoms in total. The summed E-state index contributed by atoms with van der Waals surface area (Å²) in [5.41, 5.74) is 0. The normalized spacial score (nSPS) is 25.9. The molecule has 1 fully saturated rings. The molecule has 1 N–H and O–H groups in total. The number of rotatable bonds is 5. The Morgan fingerprint density at radius 1 is 1.47 bits per heavy atom. The summed E-state index contributed by atoms with van der Waals surface area (Å²) in [5, 5.41) is 3.23. The summed E-state index contributed by atoms with van der Waals surface area (Å²) >= 11 is 0. The second kappa shape index (κ2) is 6.08. The molecule has 2 unspecified atom stereocenters. The van der Waals surface area contributed by atoms with Gasteiger partial charge in [0, 0.05) is 6.04 Å². The number of esters is 1. The molecule has 2 atom stereocenters. The summed E-state index contributed by atoms with van der Waals surface area (Å²) in [6, 6.07) is 0.239. The number of nitrogens with one attached hydrogen (secondary N) is 1. The quantitative estimate of drug-likeness (QED) is 0.548. The zero-order chi connectivity index (χ0) is 11.3. The third-order valence-electron chi connectivity index (χ3n) is 2.61. The lowest BCUT2D eigenvalue weighted by Crippen LogP contribution is -2.30. The Labute approximate surface area is 91.3 Å². The fourth-order valence-corrected chi connectivity index (χ4v) is 1.71. The second-order valence-corrected chi connectivity index (χ2v) is 4.23. The summed E-state index contributed by atoms with van der Waals surface area (Å²) in [6.07, 6.45) is 1.07. The van der Waals surface area contributed by atoms with E-state index in [1.165, 1.54) is 0 Å². The lowest BCUT2D eigenvalue weighted by Gasteiger charge is -2.14. The van der Waals surface area contributed by atoms with Crippen LogP contribution in [0.5, 0.6) is 0 Å². The van der Waals surface area contributed by atoms with Crippen molar-refractivity contribution in [3.8, 4) is 0 Å². The number of carbonyl (C=O) groups excluding carboxylic acids is 1. The molecule has 0 aromatic rings. The molecular formula is C11H21NO3. The van der Waals surface area contributed by atoms with Gasteiger partial charge in [0.2, 0.25) is 0 Å². The van der Waals surface area contributed by atoms with Crippen molar-refractivity contribution in [1.82, 2.24) is 5.32 Å². The molecule has 1 aliphatic rings.